The van der Waals surface area contributed by atoms with Crippen LogP contribution in [0.4, 0.5) is 0 Å². The quantitative estimate of drug-likeness (QED) is 0.0579. The normalized spacial score (nSPS) is 13.7. The van der Waals surface area contributed by atoms with Crippen molar-refractivity contribution in [2.45, 2.75) is 199 Å². The first-order chi connectivity index (χ1) is 20.8. The highest BCUT2D eigenvalue weighted by atomic mass is 16.5. The Labute approximate surface area is 263 Å². The molecule has 0 heterocycles. The number of hydrogen-bond donors (Lipinski definition) is 2. The topological polar surface area (TPSA) is 49.7 Å². The van der Waals surface area contributed by atoms with Crippen LogP contribution in [0.5, 0.6) is 0 Å². The Morgan fingerprint density at radius 3 is 1.36 bits per heavy atom. The molecule has 2 atom stereocenters. The minimum Gasteiger partial charge on any atom is -0.394 e. The van der Waals surface area contributed by atoms with Crippen LogP contribution in [0.3, 0.4) is 0 Å². The lowest BCUT2D eigenvalue weighted by molar-refractivity contribution is -0.0629. The first-order valence-corrected chi connectivity index (χ1v) is 18.6. The van der Waals surface area contributed by atoms with Crippen LogP contribution in [0.2, 0.25) is 0 Å². The van der Waals surface area contributed by atoms with Crippen LogP contribution in [-0.2, 0) is 4.74 Å². The molecule has 0 aliphatic rings. The van der Waals surface area contributed by atoms with E-state index in [9.17, 15) is 10.2 Å². The number of unbranched alkanes of at least 4 members (excludes halogenated alkanes) is 21. The van der Waals surface area contributed by atoms with Gasteiger partial charge < -0.3 is 14.9 Å². The van der Waals surface area contributed by atoms with E-state index in [2.05, 4.69) is 50.3 Å². The highest BCUT2D eigenvalue weighted by Crippen LogP contribution is 2.15. The van der Waals surface area contributed by atoms with Crippen molar-refractivity contribution in [3.8, 4) is 0 Å². The first-order valence-electron chi connectivity index (χ1n) is 18.6. The lowest BCUT2D eigenvalue weighted by Gasteiger charge is -2.22. The molecule has 0 amide bonds. The molecule has 0 aliphatic heterocycles. The lowest BCUT2D eigenvalue weighted by Crippen LogP contribution is -2.32. The fraction of sp³-hybridized carbons (Fsp3) is 0.846. The Hall–Kier alpha value is -0.900. The zero-order valence-corrected chi connectivity index (χ0v) is 28.4. The molecule has 0 radical (unpaired) electrons. The standard InChI is InChI=1S/C39H74O3/c1-3-5-7-9-11-13-15-17-19-21-23-25-27-29-31-33-35-39(38(41)37-40)42-36-34-32-30-28-26-24-22-20-18-16-14-12-10-8-6-4-2/h11,13,17-20,38-41H,3-10,12,14-16,21-37H2,1-2H3/b13-11-,19-17-,20-18-. The Morgan fingerprint density at radius 2 is 0.857 bits per heavy atom. The molecule has 2 unspecified atom stereocenters. The van der Waals surface area contributed by atoms with Gasteiger partial charge in [-0.05, 0) is 70.6 Å². The lowest BCUT2D eigenvalue weighted by atomic mass is 10.0. The van der Waals surface area contributed by atoms with Gasteiger partial charge in [0, 0.05) is 6.61 Å². The predicted molar refractivity (Wildman–Crippen MR) is 186 cm³/mol. The van der Waals surface area contributed by atoms with Crippen molar-refractivity contribution in [3.63, 3.8) is 0 Å². The van der Waals surface area contributed by atoms with E-state index in [4.69, 9.17) is 4.74 Å². The highest BCUT2D eigenvalue weighted by Gasteiger charge is 2.18. The van der Waals surface area contributed by atoms with Crippen molar-refractivity contribution in [2.24, 2.45) is 0 Å². The summed E-state index contributed by atoms with van der Waals surface area (Å²) >= 11 is 0. The summed E-state index contributed by atoms with van der Waals surface area (Å²) in [7, 11) is 0. The van der Waals surface area contributed by atoms with Gasteiger partial charge >= 0.3 is 0 Å². The van der Waals surface area contributed by atoms with Gasteiger partial charge in [-0.2, -0.15) is 0 Å². The van der Waals surface area contributed by atoms with Crippen LogP contribution in [-0.4, -0.2) is 35.6 Å². The molecule has 2 N–H and O–H groups in total. The van der Waals surface area contributed by atoms with Crippen LogP contribution in [0.25, 0.3) is 0 Å². The van der Waals surface area contributed by atoms with Crippen LogP contribution in [0.1, 0.15) is 187 Å². The van der Waals surface area contributed by atoms with E-state index in [1.807, 2.05) is 0 Å². The van der Waals surface area contributed by atoms with Crippen LogP contribution < -0.4 is 0 Å². The van der Waals surface area contributed by atoms with Gasteiger partial charge in [-0.1, -0.05) is 153 Å². The van der Waals surface area contributed by atoms with E-state index in [-0.39, 0.29) is 12.7 Å². The number of ether oxygens (including phenoxy) is 1. The molecule has 0 saturated carbocycles. The van der Waals surface area contributed by atoms with Gasteiger partial charge in [0.1, 0.15) is 6.10 Å². The SMILES string of the molecule is CCCCC/C=C\C/C=C\CCCCCCCCC(OCCCCCCCC/C=C\CCCCCCCC)C(O)CO. The van der Waals surface area contributed by atoms with Crippen LogP contribution >= 0.6 is 0 Å². The molecule has 0 aromatic carbocycles. The Kier molecular flexibility index (Phi) is 35.5. The van der Waals surface area contributed by atoms with Crippen molar-refractivity contribution in [1.29, 1.82) is 0 Å². The summed E-state index contributed by atoms with van der Waals surface area (Å²) < 4.78 is 6.01. The second-order valence-corrected chi connectivity index (χ2v) is 12.5. The molecule has 3 heteroatoms. The summed E-state index contributed by atoms with van der Waals surface area (Å²) in [6.07, 6.45) is 47.0. The molecule has 0 aromatic rings. The molecular formula is C39H74O3. The average Bonchev–Trinajstić information content (AvgIpc) is 3.00. The summed E-state index contributed by atoms with van der Waals surface area (Å²) in [6.45, 7) is 5.02. The maximum absolute atomic E-state index is 10.2. The number of aliphatic hydroxyl groups is 2. The molecule has 0 spiro atoms. The Balaban J connectivity index is 3.59. The van der Waals surface area contributed by atoms with Crippen molar-refractivity contribution in [2.75, 3.05) is 13.2 Å². The van der Waals surface area contributed by atoms with Crippen molar-refractivity contribution < 1.29 is 14.9 Å². The summed E-state index contributed by atoms with van der Waals surface area (Å²) in [5.74, 6) is 0. The summed E-state index contributed by atoms with van der Waals surface area (Å²) in [4.78, 5) is 0. The zero-order chi connectivity index (χ0) is 30.6. The van der Waals surface area contributed by atoms with Crippen molar-refractivity contribution in [1.82, 2.24) is 0 Å². The maximum atomic E-state index is 10.2. The molecule has 0 aliphatic carbocycles. The van der Waals surface area contributed by atoms with E-state index in [1.165, 1.54) is 148 Å². The minimum absolute atomic E-state index is 0.208. The van der Waals surface area contributed by atoms with E-state index in [0.717, 1.165) is 25.7 Å². The first kappa shape index (κ1) is 41.1. The van der Waals surface area contributed by atoms with Gasteiger partial charge in [0.15, 0.2) is 0 Å². The van der Waals surface area contributed by atoms with Gasteiger partial charge in [0.25, 0.3) is 0 Å². The average molecular weight is 591 g/mol. The van der Waals surface area contributed by atoms with E-state index in [0.29, 0.717) is 6.61 Å². The van der Waals surface area contributed by atoms with E-state index in [1.54, 1.807) is 0 Å². The second kappa shape index (κ2) is 36.3. The third-order valence-corrected chi connectivity index (χ3v) is 8.29. The molecule has 42 heavy (non-hydrogen) atoms. The van der Waals surface area contributed by atoms with Crippen molar-refractivity contribution >= 4 is 0 Å². The molecule has 0 fully saturated rings. The Morgan fingerprint density at radius 1 is 0.476 bits per heavy atom. The minimum atomic E-state index is -0.753. The largest absolute Gasteiger partial charge is 0.394 e. The fourth-order valence-electron chi connectivity index (χ4n) is 5.42. The molecular weight excluding hydrogens is 516 g/mol. The summed E-state index contributed by atoms with van der Waals surface area (Å²) in [5, 5.41) is 19.6. The van der Waals surface area contributed by atoms with E-state index >= 15 is 0 Å². The molecule has 0 saturated heterocycles. The summed E-state index contributed by atoms with van der Waals surface area (Å²) in [5.41, 5.74) is 0. The molecule has 0 bridgehead atoms. The van der Waals surface area contributed by atoms with Gasteiger partial charge in [0.2, 0.25) is 0 Å². The van der Waals surface area contributed by atoms with Crippen LogP contribution in [0.15, 0.2) is 36.5 Å². The number of hydrogen-bond acceptors (Lipinski definition) is 3. The van der Waals surface area contributed by atoms with Gasteiger partial charge in [0.05, 0.1) is 12.7 Å². The smallest absolute Gasteiger partial charge is 0.103 e. The third kappa shape index (κ3) is 32.0. The third-order valence-electron chi connectivity index (χ3n) is 8.29. The molecule has 0 aromatic heterocycles. The molecule has 0 rings (SSSR count). The Bertz CT molecular complexity index is 582. The monoisotopic (exact) mass is 591 g/mol. The predicted octanol–water partition coefficient (Wildman–Crippen LogP) is 12.0. The highest BCUT2D eigenvalue weighted by molar-refractivity contribution is 4.92. The van der Waals surface area contributed by atoms with Gasteiger partial charge in [-0.25, -0.2) is 0 Å². The zero-order valence-electron chi connectivity index (χ0n) is 28.4. The molecule has 248 valence electrons. The number of aliphatic hydroxyl groups excluding tert-OH is 2. The van der Waals surface area contributed by atoms with Crippen molar-refractivity contribution in [3.05, 3.63) is 36.5 Å². The fourth-order valence-corrected chi connectivity index (χ4v) is 5.42. The van der Waals surface area contributed by atoms with Gasteiger partial charge in [-0.15, -0.1) is 0 Å². The number of rotatable bonds is 34. The van der Waals surface area contributed by atoms with E-state index < -0.39 is 6.10 Å². The number of allylic oxidation sites excluding steroid dienone is 6. The molecule has 3 nitrogen and oxygen atoms in total. The maximum Gasteiger partial charge on any atom is 0.103 e. The second-order valence-electron chi connectivity index (χ2n) is 12.5. The van der Waals surface area contributed by atoms with Gasteiger partial charge in [-0.3, -0.25) is 0 Å². The van der Waals surface area contributed by atoms with Crippen LogP contribution in [0, 0.1) is 0 Å². The summed E-state index contributed by atoms with van der Waals surface area (Å²) in [6, 6.07) is 0.